The number of ether oxygens (including phenoxy) is 2. The molecule has 3 rings (SSSR count). The second-order valence-electron chi connectivity index (χ2n) is 8.74. The Morgan fingerprint density at radius 1 is 1.03 bits per heavy atom. The van der Waals surface area contributed by atoms with Crippen molar-refractivity contribution >= 4 is 27.5 Å². The van der Waals surface area contributed by atoms with E-state index in [-0.39, 0.29) is 16.3 Å². The Hall–Kier alpha value is -3.86. The van der Waals surface area contributed by atoms with Gasteiger partial charge >= 0.3 is 6.09 Å². The molecule has 0 saturated heterocycles. The molecule has 36 heavy (non-hydrogen) atoms. The molecular weight excluding hydrogens is 487 g/mol. The maximum absolute atomic E-state index is 14.2. The lowest BCUT2D eigenvalue weighted by Gasteiger charge is -2.19. The van der Waals surface area contributed by atoms with Gasteiger partial charge in [0.2, 0.25) is 0 Å². The zero-order valence-corrected chi connectivity index (χ0v) is 21.3. The highest BCUT2D eigenvalue weighted by atomic mass is 32.2. The number of anilines is 2. The molecule has 0 radical (unpaired) electrons. The van der Waals surface area contributed by atoms with Gasteiger partial charge < -0.3 is 20.1 Å². The van der Waals surface area contributed by atoms with E-state index in [2.05, 4.69) is 20.3 Å². The largest absolute Gasteiger partial charge is 0.495 e. The van der Waals surface area contributed by atoms with Gasteiger partial charge in [0, 0.05) is 30.5 Å². The van der Waals surface area contributed by atoms with Crippen LogP contribution in [0.3, 0.4) is 0 Å². The minimum atomic E-state index is -4.10. The molecule has 1 amide bonds. The molecule has 9 nitrogen and oxygen atoms in total. The van der Waals surface area contributed by atoms with Gasteiger partial charge in [-0.15, -0.1) is 0 Å². The van der Waals surface area contributed by atoms with E-state index in [1.54, 1.807) is 51.1 Å². The molecule has 2 aromatic carbocycles. The molecule has 0 spiro atoms. The number of hydrogen-bond acceptors (Lipinski definition) is 7. The Labute approximate surface area is 210 Å². The monoisotopic (exact) mass is 516 g/mol. The number of halogens is 1. The number of alkyl carbamates (subject to hydrolysis) is 1. The highest BCUT2D eigenvalue weighted by Gasteiger charge is 2.22. The zero-order chi connectivity index (χ0) is 26.3. The maximum atomic E-state index is 14.2. The lowest BCUT2D eigenvalue weighted by atomic mass is 10.1. The van der Waals surface area contributed by atoms with Crippen LogP contribution in [0.25, 0.3) is 11.3 Å². The highest BCUT2D eigenvalue weighted by molar-refractivity contribution is 7.92. The van der Waals surface area contributed by atoms with Gasteiger partial charge in [-0.05, 0) is 69.3 Å². The fourth-order valence-electron chi connectivity index (χ4n) is 3.22. The Kier molecular flexibility index (Phi) is 8.36. The highest BCUT2D eigenvalue weighted by Crippen LogP contribution is 2.31. The Morgan fingerprint density at radius 3 is 2.47 bits per heavy atom. The summed E-state index contributed by atoms with van der Waals surface area (Å²) in [5, 5.41) is 5.75. The summed E-state index contributed by atoms with van der Waals surface area (Å²) in [6, 6.07) is 13.7. The van der Waals surface area contributed by atoms with Crippen molar-refractivity contribution in [3.8, 4) is 17.0 Å². The molecule has 11 heteroatoms. The number of nitrogens with zero attached hydrogens (tertiary/aromatic N) is 1. The molecule has 1 heterocycles. The minimum absolute atomic E-state index is 0.0304. The van der Waals surface area contributed by atoms with Crippen LogP contribution in [0.15, 0.2) is 65.7 Å². The van der Waals surface area contributed by atoms with Gasteiger partial charge in [0.1, 0.15) is 27.8 Å². The summed E-state index contributed by atoms with van der Waals surface area (Å²) in [4.78, 5) is 15.6. The first-order valence-corrected chi connectivity index (χ1v) is 12.6. The Morgan fingerprint density at radius 2 is 1.78 bits per heavy atom. The topological polar surface area (TPSA) is 119 Å². The third-order valence-electron chi connectivity index (χ3n) is 4.72. The molecule has 1 aromatic heterocycles. The van der Waals surface area contributed by atoms with E-state index in [0.717, 1.165) is 0 Å². The van der Waals surface area contributed by atoms with Crippen molar-refractivity contribution in [1.82, 2.24) is 10.3 Å². The van der Waals surface area contributed by atoms with Gasteiger partial charge in [0.15, 0.2) is 0 Å². The number of amides is 1. The van der Waals surface area contributed by atoms with Crippen molar-refractivity contribution in [3.63, 3.8) is 0 Å². The van der Waals surface area contributed by atoms with Crippen LogP contribution >= 0.6 is 0 Å². The van der Waals surface area contributed by atoms with Gasteiger partial charge in [-0.3, -0.25) is 9.71 Å². The number of hydrogen-bond donors (Lipinski definition) is 3. The molecule has 0 bridgehead atoms. The average molecular weight is 517 g/mol. The van der Waals surface area contributed by atoms with Crippen LogP contribution in [0.5, 0.6) is 5.75 Å². The molecule has 0 fully saturated rings. The van der Waals surface area contributed by atoms with E-state index < -0.39 is 27.5 Å². The quantitative estimate of drug-likeness (QED) is 0.355. The van der Waals surface area contributed by atoms with Crippen LogP contribution < -0.4 is 20.1 Å². The first-order chi connectivity index (χ1) is 17.0. The lowest BCUT2D eigenvalue weighted by molar-refractivity contribution is 0.0530. The fourth-order valence-corrected chi connectivity index (χ4v) is 4.47. The van der Waals surface area contributed by atoms with Crippen LogP contribution in [0.4, 0.5) is 20.6 Å². The second kappa shape index (κ2) is 11.3. The van der Waals surface area contributed by atoms with Crippen molar-refractivity contribution in [1.29, 1.82) is 0 Å². The molecule has 0 aliphatic rings. The van der Waals surface area contributed by atoms with Crippen LogP contribution in [0.1, 0.15) is 20.8 Å². The smallest absolute Gasteiger partial charge is 0.407 e. The number of aromatic nitrogens is 1. The molecule has 0 aliphatic heterocycles. The van der Waals surface area contributed by atoms with E-state index in [4.69, 9.17) is 9.47 Å². The summed E-state index contributed by atoms with van der Waals surface area (Å²) in [6.45, 7) is 6.03. The summed E-state index contributed by atoms with van der Waals surface area (Å²) in [5.74, 6) is -0.469. The van der Waals surface area contributed by atoms with Gasteiger partial charge in [-0.25, -0.2) is 17.6 Å². The molecule has 3 N–H and O–H groups in total. The van der Waals surface area contributed by atoms with Crippen LogP contribution in [-0.2, 0) is 14.8 Å². The summed E-state index contributed by atoms with van der Waals surface area (Å²) in [7, 11) is -2.74. The standard InChI is InChI=1S/C25H29FN4O5S/c1-25(2,3)35-24(31)29-14-13-27-18-7-5-8-19(16-18)30-36(32,33)22-15-17(10-11-21(22)34-4)23-20(26)9-6-12-28-23/h5-12,15-16,27,30H,13-14H2,1-4H3,(H,29,31). The number of benzene rings is 2. The van der Waals surface area contributed by atoms with E-state index in [9.17, 15) is 17.6 Å². The number of rotatable bonds is 9. The Bertz CT molecular complexity index is 1330. The van der Waals surface area contributed by atoms with Gasteiger partial charge in [-0.2, -0.15) is 0 Å². The van der Waals surface area contributed by atoms with Gasteiger partial charge in [-0.1, -0.05) is 6.07 Å². The summed E-state index contributed by atoms with van der Waals surface area (Å²) in [5.41, 5.74) is 0.677. The Balaban J connectivity index is 1.72. The normalized spacial score (nSPS) is 11.5. The van der Waals surface area contributed by atoms with Crippen molar-refractivity contribution in [2.24, 2.45) is 0 Å². The summed E-state index contributed by atoms with van der Waals surface area (Å²) in [6.07, 6.45) is 0.906. The second-order valence-corrected chi connectivity index (χ2v) is 10.4. The number of nitrogens with one attached hydrogen (secondary N) is 3. The number of carbonyl (C=O) groups excluding carboxylic acids is 1. The van der Waals surface area contributed by atoms with Gasteiger partial charge in [0.05, 0.1) is 12.8 Å². The third-order valence-corrected chi connectivity index (χ3v) is 6.12. The molecule has 3 aromatic rings. The molecule has 0 saturated carbocycles. The predicted octanol–water partition coefficient (Wildman–Crippen LogP) is 4.63. The van der Waals surface area contributed by atoms with Crippen LogP contribution in [0, 0.1) is 5.82 Å². The first-order valence-electron chi connectivity index (χ1n) is 11.1. The van der Waals surface area contributed by atoms with E-state index >= 15 is 0 Å². The third kappa shape index (κ3) is 7.32. The predicted molar refractivity (Wildman–Crippen MR) is 136 cm³/mol. The van der Waals surface area contributed by atoms with Crippen LogP contribution in [0.2, 0.25) is 0 Å². The average Bonchev–Trinajstić information content (AvgIpc) is 2.81. The van der Waals surface area contributed by atoms with Crippen molar-refractivity contribution in [2.45, 2.75) is 31.3 Å². The number of sulfonamides is 1. The summed E-state index contributed by atoms with van der Waals surface area (Å²) >= 11 is 0. The SMILES string of the molecule is COc1ccc(-c2ncccc2F)cc1S(=O)(=O)Nc1cccc(NCCNC(=O)OC(C)(C)C)c1. The number of pyridine rings is 1. The molecule has 192 valence electrons. The maximum Gasteiger partial charge on any atom is 0.407 e. The van der Waals surface area contributed by atoms with Crippen LogP contribution in [-0.4, -0.2) is 45.3 Å². The van der Waals surface area contributed by atoms with E-state index in [0.29, 0.717) is 30.0 Å². The number of methoxy groups -OCH3 is 1. The van der Waals surface area contributed by atoms with Crippen molar-refractivity contribution in [2.75, 3.05) is 30.2 Å². The molecule has 0 atom stereocenters. The van der Waals surface area contributed by atoms with E-state index in [1.807, 2.05) is 0 Å². The molecular formula is C25H29FN4O5S. The number of carbonyl (C=O) groups is 1. The summed E-state index contributed by atoms with van der Waals surface area (Å²) < 4.78 is 53.6. The first kappa shape index (κ1) is 26.7. The van der Waals surface area contributed by atoms with E-state index in [1.165, 1.54) is 37.6 Å². The van der Waals surface area contributed by atoms with Crippen molar-refractivity contribution < 1.29 is 27.1 Å². The molecule has 0 unspecified atom stereocenters. The van der Waals surface area contributed by atoms with Crippen molar-refractivity contribution in [3.05, 3.63) is 66.6 Å². The lowest BCUT2D eigenvalue weighted by Crippen LogP contribution is -2.34. The zero-order valence-electron chi connectivity index (χ0n) is 20.5. The fraction of sp³-hybridized carbons (Fsp3) is 0.280. The molecule has 0 aliphatic carbocycles. The van der Waals surface area contributed by atoms with Gasteiger partial charge in [0.25, 0.3) is 10.0 Å². The minimum Gasteiger partial charge on any atom is -0.495 e.